The van der Waals surface area contributed by atoms with Gasteiger partial charge in [-0.05, 0) is 18.5 Å². The zero-order valence-corrected chi connectivity index (χ0v) is 8.03. The number of aromatic nitrogens is 1. The average Bonchev–Trinajstić information content (AvgIpc) is 2.53. The summed E-state index contributed by atoms with van der Waals surface area (Å²) in [6.07, 6.45) is 1.68. The molecular formula is C10H13N3O. The summed E-state index contributed by atoms with van der Waals surface area (Å²) in [6.45, 7) is 2.48. The molecule has 0 saturated carbocycles. The number of nitrogens with two attached hydrogens (primary N) is 1. The lowest BCUT2D eigenvalue weighted by Gasteiger charge is -2.14. The number of nitrogens with one attached hydrogen (secondary N) is 1. The fourth-order valence-electron chi connectivity index (χ4n) is 1.81. The molecule has 1 aromatic heterocycles. The van der Waals surface area contributed by atoms with Gasteiger partial charge in [0, 0.05) is 11.8 Å². The Labute approximate surface area is 82.5 Å². The molecule has 1 aliphatic heterocycles. The van der Waals surface area contributed by atoms with Crippen molar-refractivity contribution >= 4 is 11.7 Å². The van der Waals surface area contributed by atoms with Gasteiger partial charge < -0.3 is 11.1 Å². The maximum absolute atomic E-state index is 11.6. The van der Waals surface area contributed by atoms with Crippen LogP contribution in [-0.4, -0.2) is 17.4 Å². The normalized spacial score (nSPS) is 21.6. The first kappa shape index (κ1) is 9.15. The van der Waals surface area contributed by atoms with Crippen molar-refractivity contribution in [3.63, 3.8) is 0 Å². The number of pyridine rings is 1. The van der Waals surface area contributed by atoms with E-state index in [1.165, 1.54) is 0 Å². The summed E-state index contributed by atoms with van der Waals surface area (Å²) in [5.41, 5.74) is 6.54. The molecule has 1 aliphatic rings. The van der Waals surface area contributed by atoms with Crippen LogP contribution in [0.4, 0.5) is 5.82 Å². The van der Waals surface area contributed by atoms with Crippen LogP contribution in [0.15, 0.2) is 18.3 Å². The Bertz CT molecular complexity index is 364. The van der Waals surface area contributed by atoms with E-state index in [-0.39, 0.29) is 17.7 Å². The molecule has 0 radical (unpaired) electrons. The number of hydrogen-bond donors (Lipinski definition) is 2. The van der Waals surface area contributed by atoms with Crippen molar-refractivity contribution in [2.24, 2.45) is 11.7 Å². The second kappa shape index (κ2) is 3.38. The van der Waals surface area contributed by atoms with Crippen LogP contribution in [0.1, 0.15) is 18.4 Å². The Morgan fingerprint density at radius 1 is 1.71 bits per heavy atom. The molecule has 2 rings (SSSR count). The molecule has 0 unspecified atom stereocenters. The largest absolute Gasteiger partial charge is 0.330 e. The van der Waals surface area contributed by atoms with Crippen molar-refractivity contribution < 1.29 is 4.79 Å². The highest BCUT2D eigenvalue weighted by Crippen LogP contribution is 2.34. The number of nitrogens with zero attached hydrogens (tertiary/aromatic N) is 1. The summed E-state index contributed by atoms with van der Waals surface area (Å²) < 4.78 is 0. The van der Waals surface area contributed by atoms with E-state index >= 15 is 0 Å². The van der Waals surface area contributed by atoms with E-state index in [1.807, 2.05) is 19.1 Å². The Morgan fingerprint density at radius 3 is 3.21 bits per heavy atom. The van der Waals surface area contributed by atoms with Gasteiger partial charge in [-0.3, -0.25) is 4.79 Å². The van der Waals surface area contributed by atoms with Crippen LogP contribution in [0.5, 0.6) is 0 Å². The number of hydrogen-bond acceptors (Lipinski definition) is 3. The molecule has 1 amide bonds. The van der Waals surface area contributed by atoms with E-state index in [0.29, 0.717) is 12.4 Å². The van der Waals surface area contributed by atoms with Gasteiger partial charge in [-0.2, -0.15) is 0 Å². The number of carbonyl (C=O) groups excluding carboxylic acids is 1. The quantitative estimate of drug-likeness (QED) is 0.723. The first-order chi connectivity index (χ1) is 6.74. The number of fused-ring (bicyclic) bond motifs is 1. The second-order valence-electron chi connectivity index (χ2n) is 3.62. The highest BCUT2D eigenvalue weighted by Gasteiger charge is 2.34. The number of rotatable bonds is 2. The van der Waals surface area contributed by atoms with Gasteiger partial charge in [0.15, 0.2) is 0 Å². The van der Waals surface area contributed by atoms with Crippen LogP contribution in [0, 0.1) is 5.92 Å². The zero-order valence-electron chi connectivity index (χ0n) is 8.03. The average molecular weight is 191 g/mol. The minimum atomic E-state index is -0.135. The number of amides is 1. The molecule has 2 atom stereocenters. The minimum absolute atomic E-state index is 0.0108. The van der Waals surface area contributed by atoms with Gasteiger partial charge in [0.1, 0.15) is 5.82 Å². The second-order valence-corrected chi connectivity index (χ2v) is 3.62. The Balaban J connectivity index is 2.39. The van der Waals surface area contributed by atoms with Crippen LogP contribution < -0.4 is 11.1 Å². The zero-order chi connectivity index (χ0) is 10.1. The van der Waals surface area contributed by atoms with Crippen molar-refractivity contribution in [3.05, 3.63) is 23.9 Å². The smallest absolute Gasteiger partial charge is 0.233 e. The SMILES string of the molecule is C[C@@H](CN)[C@H]1C(=O)Nc2ncccc21. The van der Waals surface area contributed by atoms with Crippen molar-refractivity contribution in [3.8, 4) is 0 Å². The monoisotopic (exact) mass is 191 g/mol. The van der Waals surface area contributed by atoms with E-state index in [9.17, 15) is 4.79 Å². The van der Waals surface area contributed by atoms with Gasteiger partial charge in [0.2, 0.25) is 5.91 Å². The van der Waals surface area contributed by atoms with E-state index in [4.69, 9.17) is 5.73 Å². The maximum Gasteiger partial charge on any atom is 0.233 e. The van der Waals surface area contributed by atoms with Crippen molar-refractivity contribution in [2.75, 3.05) is 11.9 Å². The fourth-order valence-corrected chi connectivity index (χ4v) is 1.81. The summed E-state index contributed by atoms with van der Waals surface area (Å²) in [6, 6.07) is 3.77. The maximum atomic E-state index is 11.6. The van der Waals surface area contributed by atoms with Crippen LogP contribution >= 0.6 is 0 Å². The molecule has 14 heavy (non-hydrogen) atoms. The lowest BCUT2D eigenvalue weighted by molar-refractivity contribution is -0.117. The third-order valence-corrected chi connectivity index (χ3v) is 2.64. The summed E-state index contributed by atoms with van der Waals surface area (Å²) in [5.74, 6) is 0.712. The van der Waals surface area contributed by atoms with Gasteiger partial charge in [0.05, 0.1) is 5.92 Å². The van der Waals surface area contributed by atoms with Crippen molar-refractivity contribution in [2.45, 2.75) is 12.8 Å². The molecule has 74 valence electrons. The Kier molecular flexibility index (Phi) is 2.21. The van der Waals surface area contributed by atoms with Crippen LogP contribution in [-0.2, 0) is 4.79 Å². The van der Waals surface area contributed by atoms with Gasteiger partial charge in [0.25, 0.3) is 0 Å². The molecule has 4 heteroatoms. The molecule has 4 nitrogen and oxygen atoms in total. The van der Waals surface area contributed by atoms with E-state index in [1.54, 1.807) is 6.20 Å². The predicted octanol–water partition coefficient (Wildman–Crippen LogP) is 0.712. The first-order valence-corrected chi connectivity index (χ1v) is 4.70. The number of carbonyl (C=O) groups is 1. The summed E-state index contributed by atoms with van der Waals surface area (Å²) in [7, 11) is 0. The summed E-state index contributed by atoms with van der Waals surface area (Å²) in [4.78, 5) is 15.7. The third-order valence-electron chi connectivity index (χ3n) is 2.64. The summed E-state index contributed by atoms with van der Waals surface area (Å²) >= 11 is 0. The Morgan fingerprint density at radius 2 is 2.50 bits per heavy atom. The molecule has 0 aliphatic carbocycles. The standard InChI is InChI=1S/C10H13N3O/c1-6(5-11)8-7-3-2-4-12-9(7)13-10(8)14/h2-4,6,8H,5,11H2,1H3,(H,12,13,14)/t6-,8+/m0/s1. The van der Waals surface area contributed by atoms with Gasteiger partial charge >= 0.3 is 0 Å². The Hall–Kier alpha value is -1.42. The molecular weight excluding hydrogens is 178 g/mol. The minimum Gasteiger partial charge on any atom is -0.330 e. The highest BCUT2D eigenvalue weighted by molar-refractivity contribution is 6.01. The van der Waals surface area contributed by atoms with E-state index in [2.05, 4.69) is 10.3 Å². The third kappa shape index (κ3) is 1.28. The molecule has 1 aromatic rings. The molecule has 0 bridgehead atoms. The van der Waals surface area contributed by atoms with Gasteiger partial charge in [-0.15, -0.1) is 0 Å². The lowest BCUT2D eigenvalue weighted by Crippen LogP contribution is -2.24. The molecule has 0 aromatic carbocycles. The first-order valence-electron chi connectivity index (χ1n) is 4.70. The number of anilines is 1. The van der Waals surface area contributed by atoms with Crippen LogP contribution in [0.25, 0.3) is 0 Å². The van der Waals surface area contributed by atoms with Gasteiger partial charge in [-0.1, -0.05) is 13.0 Å². The van der Waals surface area contributed by atoms with E-state index < -0.39 is 0 Å². The van der Waals surface area contributed by atoms with E-state index in [0.717, 1.165) is 5.56 Å². The van der Waals surface area contributed by atoms with Crippen LogP contribution in [0.2, 0.25) is 0 Å². The molecule has 2 heterocycles. The highest BCUT2D eigenvalue weighted by atomic mass is 16.2. The lowest BCUT2D eigenvalue weighted by atomic mass is 9.89. The molecule has 0 saturated heterocycles. The molecule has 0 fully saturated rings. The molecule has 3 N–H and O–H groups in total. The fraction of sp³-hybridized carbons (Fsp3) is 0.400. The van der Waals surface area contributed by atoms with Crippen molar-refractivity contribution in [1.82, 2.24) is 4.98 Å². The topological polar surface area (TPSA) is 68.0 Å². The summed E-state index contributed by atoms with van der Waals surface area (Å²) in [5, 5.41) is 2.76. The van der Waals surface area contributed by atoms with Crippen LogP contribution in [0.3, 0.4) is 0 Å². The van der Waals surface area contributed by atoms with Crippen molar-refractivity contribution in [1.29, 1.82) is 0 Å². The molecule has 0 spiro atoms. The predicted molar refractivity (Wildman–Crippen MR) is 53.8 cm³/mol. The van der Waals surface area contributed by atoms with Gasteiger partial charge in [-0.25, -0.2) is 4.98 Å².